The van der Waals surface area contributed by atoms with E-state index < -0.39 is 0 Å². The summed E-state index contributed by atoms with van der Waals surface area (Å²) in [6, 6.07) is 9.46. The minimum absolute atomic E-state index is 0.472. The first-order chi connectivity index (χ1) is 9.24. The average Bonchev–Trinajstić information content (AvgIpc) is 2.31. The minimum atomic E-state index is 0.472. The third-order valence-electron chi connectivity index (χ3n) is 5.07. The van der Waals surface area contributed by atoms with Gasteiger partial charge in [-0.05, 0) is 38.7 Å². The van der Waals surface area contributed by atoms with E-state index in [1.54, 1.807) is 0 Å². The Balaban J connectivity index is 1.57. The fourth-order valence-electron chi connectivity index (χ4n) is 3.79. The van der Waals surface area contributed by atoms with E-state index in [4.69, 9.17) is 4.74 Å². The molecule has 0 aromatic heterocycles. The van der Waals surface area contributed by atoms with Gasteiger partial charge >= 0.3 is 0 Å². The Hall–Kier alpha value is -0.860. The maximum atomic E-state index is 5.90. The van der Waals surface area contributed by atoms with Crippen molar-refractivity contribution >= 4 is 0 Å². The Labute approximate surface area is 116 Å². The van der Waals surface area contributed by atoms with Gasteiger partial charge in [0, 0.05) is 24.6 Å². The van der Waals surface area contributed by atoms with Crippen LogP contribution >= 0.6 is 0 Å². The second kappa shape index (κ2) is 5.26. The van der Waals surface area contributed by atoms with Crippen LogP contribution in [-0.4, -0.2) is 18.8 Å². The molecule has 1 N–H and O–H groups in total. The average molecular weight is 259 g/mol. The summed E-state index contributed by atoms with van der Waals surface area (Å²) in [6.07, 6.45) is 5.79. The van der Waals surface area contributed by atoms with E-state index in [0.717, 1.165) is 13.2 Å². The number of hydrogen-bond donors (Lipinski definition) is 1. The molecule has 0 heterocycles. The van der Waals surface area contributed by atoms with Crippen LogP contribution in [0.25, 0.3) is 0 Å². The molecule has 0 radical (unpaired) electrons. The van der Waals surface area contributed by atoms with E-state index >= 15 is 0 Å². The lowest BCUT2D eigenvalue weighted by atomic mass is 9.51. The smallest absolute Gasteiger partial charge is 0.0661 e. The molecule has 2 heteroatoms. The van der Waals surface area contributed by atoms with E-state index in [9.17, 15) is 0 Å². The third-order valence-corrected chi connectivity index (χ3v) is 5.07. The van der Waals surface area contributed by atoms with Crippen LogP contribution in [0.3, 0.4) is 0 Å². The lowest BCUT2D eigenvalue weighted by Gasteiger charge is -2.61. The van der Waals surface area contributed by atoms with Crippen LogP contribution in [0.15, 0.2) is 24.3 Å². The summed E-state index contributed by atoms with van der Waals surface area (Å²) in [5.74, 6) is 0. The Morgan fingerprint density at radius 3 is 2.84 bits per heavy atom. The number of aryl methyl sites for hydroxylation is 1. The highest BCUT2D eigenvalue weighted by atomic mass is 16.5. The summed E-state index contributed by atoms with van der Waals surface area (Å²) in [5, 5.41) is 3.76. The van der Waals surface area contributed by atoms with Crippen LogP contribution in [-0.2, 0) is 11.3 Å². The van der Waals surface area contributed by atoms with Gasteiger partial charge in [0.2, 0.25) is 0 Å². The summed E-state index contributed by atoms with van der Waals surface area (Å²) >= 11 is 0. The second-order valence-electron chi connectivity index (χ2n) is 6.19. The van der Waals surface area contributed by atoms with Crippen molar-refractivity contribution in [3.8, 4) is 0 Å². The van der Waals surface area contributed by atoms with Gasteiger partial charge in [-0.1, -0.05) is 36.2 Å². The van der Waals surface area contributed by atoms with E-state index in [2.05, 4.69) is 43.4 Å². The van der Waals surface area contributed by atoms with Crippen molar-refractivity contribution in [3.05, 3.63) is 35.4 Å². The van der Waals surface area contributed by atoms with Gasteiger partial charge in [0.05, 0.1) is 6.10 Å². The molecule has 0 saturated heterocycles. The molecule has 3 rings (SSSR count). The van der Waals surface area contributed by atoms with Crippen LogP contribution in [0, 0.1) is 12.3 Å². The molecular weight excluding hydrogens is 234 g/mol. The molecule has 19 heavy (non-hydrogen) atoms. The van der Waals surface area contributed by atoms with Crippen molar-refractivity contribution in [1.29, 1.82) is 0 Å². The van der Waals surface area contributed by atoms with Crippen molar-refractivity contribution in [2.75, 3.05) is 6.61 Å². The maximum absolute atomic E-state index is 5.90. The summed E-state index contributed by atoms with van der Waals surface area (Å²) in [4.78, 5) is 0. The number of ether oxygens (including phenoxy) is 1. The molecule has 0 amide bonds. The van der Waals surface area contributed by atoms with E-state index in [1.165, 1.54) is 36.8 Å². The highest BCUT2D eigenvalue weighted by Gasteiger charge is 2.58. The minimum Gasteiger partial charge on any atom is -0.378 e. The van der Waals surface area contributed by atoms with Gasteiger partial charge in [0.1, 0.15) is 0 Å². The molecular formula is C17H25NO. The summed E-state index contributed by atoms with van der Waals surface area (Å²) in [6.45, 7) is 6.12. The summed E-state index contributed by atoms with van der Waals surface area (Å²) < 4.78 is 5.90. The summed E-state index contributed by atoms with van der Waals surface area (Å²) in [5.41, 5.74) is 3.22. The quantitative estimate of drug-likeness (QED) is 0.874. The first-order valence-corrected chi connectivity index (χ1v) is 7.65. The van der Waals surface area contributed by atoms with E-state index in [-0.39, 0.29) is 0 Å². The largest absolute Gasteiger partial charge is 0.378 e. The molecule has 2 aliphatic rings. The third kappa shape index (κ3) is 2.32. The van der Waals surface area contributed by atoms with Crippen LogP contribution in [0.2, 0.25) is 0 Å². The van der Waals surface area contributed by atoms with Crippen molar-refractivity contribution in [2.45, 2.75) is 58.2 Å². The second-order valence-corrected chi connectivity index (χ2v) is 6.19. The van der Waals surface area contributed by atoms with Gasteiger partial charge < -0.3 is 10.1 Å². The molecule has 2 atom stereocenters. The van der Waals surface area contributed by atoms with Crippen LogP contribution in [0.1, 0.15) is 43.7 Å². The van der Waals surface area contributed by atoms with Gasteiger partial charge in [-0.25, -0.2) is 0 Å². The molecule has 1 spiro atoms. The fraction of sp³-hybridized carbons (Fsp3) is 0.647. The molecule has 104 valence electrons. The predicted octanol–water partition coefficient (Wildman–Crippen LogP) is 3.43. The lowest BCUT2D eigenvalue weighted by molar-refractivity contribution is -0.173. The lowest BCUT2D eigenvalue weighted by Crippen LogP contribution is -2.66. The fourth-order valence-corrected chi connectivity index (χ4v) is 3.79. The van der Waals surface area contributed by atoms with E-state index in [0.29, 0.717) is 17.6 Å². The Morgan fingerprint density at radius 2 is 2.21 bits per heavy atom. The Morgan fingerprint density at radius 1 is 1.37 bits per heavy atom. The van der Waals surface area contributed by atoms with Crippen molar-refractivity contribution in [1.82, 2.24) is 5.32 Å². The number of rotatable bonds is 5. The molecule has 2 fully saturated rings. The molecule has 0 bridgehead atoms. The number of benzene rings is 1. The molecule has 1 aromatic carbocycles. The molecule has 2 unspecified atom stereocenters. The monoisotopic (exact) mass is 259 g/mol. The highest BCUT2D eigenvalue weighted by Crippen LogP contribution is 2.57. The van der Waals surface area contributed by atoms with Gasteiger partial charge in [-0.2, -0.15) is 0 Å². The predicted molar refractivity (Wildman–Crippen MR) is 78.1 cm³/mol. The van der Waals surface area contributed by atoms with E-state index in [1.807, 2.05) is 0 Å². The van der Waals surface area contributed by atoms with Crippen molar-refractivity contribution in [3.63, 3.8) is 0 Å². The highest BCUT2D eigenvalue weighted by molar-refractivity contribution is 5.22. The van der Waals surface area contributed by atoms with Crippen molar-refractivity contribution < 1.29 is 4.74 Å². The van der Waals surface area contributed by atoms with Crippen LogP contribution in [0.4, 0.5) is 0 Å². The topological polar surface area (TPSA) is 21.3 Å². The zero-order valence-corrected chi connectivity index (χ0v) is 12.1. The molecule has 2 saturated carbocycles. The molecule has 2 nitrogen and oxygen atoms in total. The number of hydrogen-bond acceptors (Lipinski definition) is 2. The zero-order valence-electron chi connectivity index (χ0n) is 12.1. The van der Waals surface area contributed by atoms with Crippen LogP contribution < -0.4 is 5.32 Å². The first kappa shape index (κ1) is 13.1. The zero-order chi connectivity index (χ0) is 13.3. The maximum Gasteiger partial charge on any atom is 0.0661 e. The van der Waals surface area contributed by atoms with Gasteiger partial charge in [-0.3, -0.25) is 0 Å². The summed E-state index contributed by atoms with van der Waals surface area (Å²) in [7, 11) is 0. The SMILES string of the molecule is CCOC1CC(NCc2cccc(C)c2)C12CCC2. The Kier molecular flexibility index (Phi) is 3.64. The molecule has 0 aliphatic heterocycles. The normalized spacial score (nSPS) is 27.9. The van der Waals surface area contributed by atoms with Crippen LogP contribution in [0.5, 0.6) is 0 Å². The first-order valence-electron chi connectivity index (χ1n) is 7.65. The number of nitrogens with one attached hydrogen (secondary N) is 1. The Bertz CT molecular complexity index is 439. The van der Waals surface area contributed by atoms with Gasteiger partial charge in [0.25, 0.3) is 0 Å². The van der Waals surface area contributed by atoms with Gasteiger partial charge in [-0.15, -0.1) is 0 Å². The molecule has 2 aliphatic carbocycles. The molecule has 1 aromatic rings. The van der Waals surface area contributed by atoms with Gasteiger partial charge in [0.15, 0.2) is 0 Å². The van der Waals surface area contributed by atoms with Crippen molar-refractivity contribution in [2.24, 2.45) is 5.41 Å². The standard InChI is InChI=1S/C17H25NO/c1-3-19-16-11-15(17(16)8-5-9-17)18-12-14-7-4-6-13(2)10-14/h4,6-7,10,15-16,18H,3,5,8-9,11-12H2,1-2H3.